The lowest BCUT2D eigenvalue weighted by Crippen LogP contribution is -2.35. The van der Waals surface area contributed by atoms with Gasteiger partial charge in [0, 0.05) is 29.8 Å². The predicted octanol–water partition coefficient (Wildman–Crippen LogP) is 3.84. The van der Waals surface area contributed by atoms with Crippen molar-refractivity contribution in [3.8, 4) is 11.5 Å². The lowest BCUT2D eigenvalue weighted by Gasteiger charge is -2.37. The van der Waals surface area contributed by atoms with Gasteiger partial charge in [-0.25, -0.2) is 0 Å². The van der Waals surface area contributed by atoms with Gasteiger partial charge in [0.1, 0.15) is 22.0 Å². The Bertz CT molecular complexity index is 1660. The second-order valence-corrected chi connectivity index (χ2v) is 13.3. The Balaban J connectivity index is 2.63. The predicted molar refractivity (Wildman–Crippen MR) is 171 cm³/mol. The Hall–Kier alpha value is -4.01. The highest BCUT2D eigenvalue weighted by Crippen LogP contribution is 2.52. The molecule has 250 valence electrons. The van der Waals surface area contributed by atoms with Crippen molar-refractivity contribution >= 4 is 22.1 Å². The molecule has 0 saturated carbocycles. The van der Waals surface area contributed by atoms with Crippen molar-refractivity contribution in [2.24, 2.45) is 0 Å². The van der Waals surface area contributed by atoms with Gasteiger partial charge < -0.3 is 36.2 Å². The lowest BCUT2D eigenvalue weighted by molar-refractivity contribution is -0.137. The van der Waals surface area contributed by atoms with Crippen molar-refractivity contribution in [2.45, 2.75) is 77.0 Å². The SMILES string of the molecule is Cc1c(CNCC(=O)O)cc(C(C)C)c(O)c1C(O)(c1ccccc1S(=O)(=O)O)c1c(C)c(CNCC(=O)O)cc(C(C)C)c1O. The number of carbonyl (C=O) groups is 2. The van der Waals surface area contributed by atoms with E-state index in [0.29, 0.717) is 22.3 Å². The van der Waals surface area contributed by atoms with Gasteiger partial charge in [0.15, 0.2) is 0 Å². The number of nitrogens with one attached hydrogen (secondary N) is 2. The minimum atomic E-state index is -4.98. The third-order valence-corrected chi connectivity index (χ3v) is 9.01. The molecular formula is C33H42N2O10S. The van der Waals surface area contributed by atoms with E-state index < -0.39 is 32.6 Å². The summed E-state index contributed by atoms with van der Waals surface area (Å²) in [6, 6.07) is 8.50. The van der Waals surface area contributed by atoms with E-state index in [1.165, 1.54) is 18.2 Å². The quantitative estimate of drug-likeness (QED) is 0.0917. The fourth-order valence-corrected chi connectivity index (χ4v) is 6.56. The first-order valence-electron chi connectivity index (χ1n) is 14.7. The van der Waals surface area contributed by atoms with Crippen LogP contribution in [0.4, 0.5) is 0 Å². The van der Waals surface area contributed by atoms with Gasteiger partial charge in [0.25, 0.3) is 10.1 Å². The molecule has 0 aliphatic rings. The summed E-state index contributed by atoms with van der Waals surface area (Å²) in [5.41, 5.74) is -1.11. The van der Waals surface area contributed by atoms with Crippen LogP contribution in [0.25, 0.3) is 0 Å². The van der Waals surface area contributed by atoms with Gasteiger partial charge in [0.05, 0.1) is 13.1 Å². The van der Waals surface area contributed by atoms with Crippen LogP contribution in [-0.2, 0) is 38.4 Å². The monoisotopic (exact) mass is 658 g/mol. The van der Waals surface area contributed by atoms with E-state index in [9.17, 15) is 48.1 Å². The third-order valence-electron chi connectivity index (χ3n) is 8.10. The highest BCUT2D eigenvalue weighted by molar-refractivity contribution is 7.85. The van der Waals surface area contributed by atoms with Crippen LogP contribution in [0.15, 0.2) is 41.3 Å². The fourth-order valence-electron chi connectivity index (χ4n) is 5.82. The topological polar surface area (TPSA) is 214 Å². The number of benzene rings is 3. The molecule has 13 heteroatoms. The van der Waals surface area contributed by atoms with Crippen molar-refractivity contribution < 1.29 is 48.1 Å². The van der Waals surface area contributed by atoms with Gasteiger partial charge in [-0.2, -0.15) is 8.42 Å². The molecule has 0 spiro atoms. The molecule has 0 aliphatic carbocycles. The molecule has 3 aromatic carbocycles. The fraction of sp³-hybridized carbons (Fsp3) is 0.394. The molecule has 8 N–H and O–H groups in total. The first kappa shape index (κ1) is 36.5. The molecule has 3 rings (SSSR count). The van der Waals surface area contributed by atoms with Crippen LogP contribution in [0.1, 0.15) is 89.6 Å². The average molecular weight is 659 g/mol. The third kappa shape index (κ3) is 7.34. The molecule has 0 atom stereocenters. The van der Waals surface area contributed by atoms with Crippen LogP contribution in [0.2, 0.25) is 0 Å². The Kier molecular flexibility index (Phi) is 11.2. The molecule has 0 radical (unpaired) electrons. The standard InChI is InChI=1S/C33H42N2O10S/c1-17(2)23-11-21(13-34-15-27(36)37)19(5)29(31(23)40)33(42,25-9-7-8-10-26(25)46(43,44)45)30-20(6)22(14-35-16-28(38)39)12-24(18(3)4)32(30)41/h7-12,17-18,34-35,40-42H,13-16H2,1-6H3,(H,36,37)(H,38,39)(H,43,44,45). The number of hydrogen-bond acceptors (Lipinski definition) is 9. The van der Waals surface area contributed by atoms with E-state index in [-0.39, 0.29) is 77.3 Å². The van der Waals surface area contributed by atoms with Crippen molar-refractivity contribution in [1.82, 2.24) is 10.6 Å². The van der Waals surface area contributed by atoms with E-state index in [0.717, 1.165) is 6.07 Å². The zero-order valence-electron chi connectivity index (χ0n) is 26.7. The smallest absolute Gasteiger partial charge is 0.317 e. The molecule has 0 heterocycles. The summed E-state index contributed by atoms with van der Waals surface area (Å²) < 4.78 is 35.9. The summed E-state index contributed by atoms with van der Waals surface area (Å²) in [7, 11) is -4.98. The van der Waals surface area contributed by atoms with E-state index >= 15 is 0 Å². The normalized spacial score (nSPS) is 12.2. The Morgan fingerprint density at radius 3 is 1.52 bits per heavy atom. The zero-order valence-corrected chi connectivity index (χ0v) is 27.5. The number of aromatic hydroxyl groups is 2. The largest absolute Gasteiger partial charge is 0.507 e. The zero-order chi connectivity index (χ0) is 34.7. The van der Waals surface area contributed by atoms with Crippen LogP contribution in [-0.4, -0.2) is 63.5 Å². The molecule has 0 unspecified atom stereocenters. The summed E-state index contributed by atoms with van der Waals surface area (Å²) >= 11 is 0. The second kappa shape index (κ2) is 14.2. The van der Waals surface area contributed by atoms with Crippen LogP contribution in [0.3, 0.4) is 0 Å². The van der Waals surface area contributed by atoms with Crippen LogP contribution >= 0.6 is 0 Å². The molecule has 3 aromatic rings. The molecule has 46 heavy (non-hydrogen) atoms. The summed E-state index contributed by atoms with van der Waals surface area (Å²) in [5.74, 6) is -3.64. The summed E-state index contributed by atoms with van der Waals surface area (Å²) in [4.78, 5) is 21.8. The van der Waals surface area contributed by atoms with E-state index in [4.69, 9.17) is 0 Å². The van der Waals surface area contributed by atoms with Gasteiger partial charge in [0.2, 0.25) is 0 Å². The molecule has 12 nitrogen and oxygen atoms in total. The van der Waals surface area contributed by atoms with Crippen molar-refractivity contribution in [1.29, 1.82) is 0 Å². The Labute approximate surface area is 268 Å². The molecule has 0 saturated heterocycles. The van der Waals surface area contributed by atoms with Crippen molar-refractivity contribution in [3.05, 3.63) is 86.5 Å². The van der Waals surface area contributed by atoms with Gasteiger partial charge in [-0.1, -0.05) is 58.0 Å². The molecule has 0 aliphatic heterocycles. The number of phenolic OH excluding ortho intramolecular Hbond substituents is 2. The van der Waals surface area contributed by atoms with E-state index in [1.807, 2.05) is 0 Å². The summed E-state index contributed by atoms with van der Waals surface area (Å²) in [6.07, 6.45) is 0. The number of carboxylic acids is 2. The first-order valence-corrected chi connectivity index (χ1v) is 16.1. The Morgan fingerprint density at radius 1 is 0.783 bits per heavy atom. The van der Waals surface area contributed by atoms with Crippen LogP contribution in [0.5, 0.6) is 11.5 Å². The Morgan fingerprint density at radius 2 is 1.17 bits per heavy atom. The summed E-state index contributed by atoms with van der Waals surface area (Å²) in [6.45, 7) is 9.56. The highest BCUT2D eigenvalue weighted by Gasteiger charge is 2.46. The highest BCUT2D eigenvalue weighted by atomic mass is 32.2. The maximum absolute atomic E-state index is 13.3. The molecule has 0 amide bonds. The minimum Gasteiger partial charge on any atom is -0.507 e. The molecule has 0 aromatic heterocycles. The number of aliphatic carboxylic acids is 2. The van der Waals surface area contributed by atoms with Gasteiger partial charge in [-0.15, -0.1) is 0 Å². The second-order valence-electron chi connectivity index (χ2n) is 11.9. The van der Waals surface area contributed by atoms with Crippen LogP contribution < -0.4 is 10.6 Å². The maximum Gasteiger partial charge on any atom is 0.317 e. The van der Waals surface area contributed by atoms with Gasteiger partial charge >= 0.3 is 11.9 Å². The molecule has 0 fully saturated rings. The lowest BCUT2D eigenvalue weighted by atomic mass is 9.72. The van der Waals surface area contributed by atoms with Crippen molar-refractivity contribution in [2.75, 3.05) is 13.1 Å². The number of aliphatic hydroxyl groups is 1. The van der Waals surface area contributed by atoms with Crippen LogP contribution in [0, 0.1) is 13.8 Å². The maximum atomic E-state index is 13.3. The molecule has 0 bridgehead atoms. The minimum absolute atomic E-state index is 0.00250. The van der Waals surface area contributed by atoms with Gasteiger partial charge in [-0.05, 0) is 65.1 Å². The first-order chi connectivity index (χ1) is 21.3. The van der Waals surface area contributed by atoms with Gasteiger partial charge in [-0.3, -0.25) is 14.1 Å². The van der Waals surface area contributed by atoms with E-state index in [1.54, 1.807) is 53.7 Å². The average Bonchev–Trinajstić information content (AvgIpc) is 2.94. The van der Waals surface area contributed by atoms with Crippen molar-refractivity contribution in [3.63, 3.8) is 0 Å². The summed E-state index contributed by atoms with van der Waals surface area (Å²) in [5, 5.41) is 61.1. The molecular weight excluding hydrogens is 616 g/mol. The number of phenols is 2. The number of rotatable bonds is 14. The number of carboxylic acid groups (broad SMARTS) is 2. The number of hydrogen-bond donors (Lipinski definition) is 8. The van der Waals surface area contributed by atoms with E-state index in [2.05, 4.69) is 10.6 Å².